The van der Waals surface area contributed by atoms with E-state index in [9.17, 15) is 14.4 Å². The zero-order valence-corrected chi connectivity index (χ0v) is 18.4. The number of nitrogens with one attached hydrogen (secondary N) is 2. The fraction of sp³-hybridized carbons (Fsp3) is 0.333. The first-order valence-corrected chi connectivity index (χ1v) is 10.3. The number of aryl methyl sites for hydroxylation is 1. The zero-order chi connectivity index (χ0) is 22.1. The van der Waals surface area contributed by atoms with Gasteiger partial charge in [0.25, 0.3) is 5.91 Å². The average Bonchev–Trinajstić information content (AvgIpc) is 2.93. The van der Waals surface area contributed by atoms with Crippen molar-refractivity contribution >= 4 is 46.9 Å². The number of anilines is 1. The van der Waals surface area contributed by atoms with Crippen LogP contribution in [0.4, 0.5) is 10.6 Å². The molecule has 30 heavy (non-hydrogen) atoms. The minimum atomic E-state index is -1.24. The number of urea groups is 1. The molecule has 0 radical (unpaired) electrons. The Morgan fingerprint density at radius 3 is 2.53 bits per heavy atom. The molecule has 4 amide bonds. The van der Waals surface area contributed by atoms with Crippen LogP contribution in [0.5, 0.6) is 0 Å². The molecule has 7 nitrogen and oxygen atoms in total. The molecule has 2 aromatic rings. The molecule has 1 saturated heterocycles. The summed E-state index contributed by atoms with van der Waals surface area (Å²) in [6, 6.07) is 6.90. The molecular formula is C21H22Cl2N4O3. The first-order chi connectivity index (χ1) is 14.2. The summed E-state index contributed by atoms with van der Waals surface area (Å²) in [4.78, 5) is 42.8. The van der Waals surface area contributed by atoms with E-state index in [1.54, 1.807) is 13.8 Å². The number of carbonyl (C=O) groups excluding carboxylic acids is 3. The highest BCUT2D eigenvalue weighted by Crippen LogP contribution is 2.30. The van der Waals surface area contributed by atoms with Crippen LogP contribution in [0, 0.1) is 6.92 Å². The minimum absolute atomic E-state index is 0.116. The maximum Gasteiger partial charge on any atom is 0.325 e. The Kier molecular flexibility index (Phi) is 6.33. The van der Waals surface area contributed by atoms with Crippen LogP contribution < -0.4 is 10.6 Å². The molecule has 1 aliphatic rings. The Hall–Kier alpha value is -2.64. The van der Waals surface area contributed by atoms with Crippen LogP contribution in [0.1, 0.15) is 37.0 Å². The highest BCUT2D eigenvalue weighted by molar-refractivity contribution is 6.37. The van der Waals surface area contributed by atoms with Crippen LogP contribution in [0.15, 0.2) is 30.5 Å². The molecule has 1 aromatic heterocycles. The lowest BCUT2D eigenvalue weighted by molar-refractivity contribution is -0.133. The van der Waals surface area contributed by atoms with Crippen molar-refractivity contribution < 1.29 is 14.4 Å². The van der Waals surface area contributed by atoms with Gasteiger partial charge in [-0.25, -0.2) is 9.78 Å². The molecule has 2 N–H and O–H groups in total. The monoisotopic (exact) mass is 448 g/mol. The lowest BCUT2D eigenvalue weighted by Gasteiger charge is -2.22. The van der Waals surface area contributed by atoms with E-state index < -0.39 is 29.9 Å². The number of imide groups is 1. The number of carbonyl (C=O) groups is 3. The SMILES string of the molecule is CCCc1ccc(C2(C)NC(=O)N(CC(=O)Nc3ncc(Cl)c(C)c3Cl)C2=O)cc1. The van der Waals surface area contributed by atoms with E-state index in [0.717, 1.165) is 23.3 Å². The molecule has 3 rings (SSSR count). The third kappa shape index (κ3) is 4.13. The zero-order valence-electron chi connectivity index (χ0n) is 16.9. The summed E-state index contributed by atoms with van der Waals surface area (Å²) in [6.07, 6.45) is 3.32. The van der Waals surface area contributed by atoms with Crippen LogP contribution in [0.25, 0.3) is 0 Å². The van der Waals surface area contributed by atoms with Crippen molar-refractivity contribution in [3.05, 3.63) is 57.2 Å². The summed E-state index contributed by atoms with van der Waals surface area (Å²) in [5.41, 5.74) is 1.13. The van der Waals surface area contributed by atoms with Gasteiger partial charge < -0.3 is 10.6 Å². The topological polar surface area (TPSA) is 91.4 Å². The second-order valence-electron chi connectivity index (χ2n) is 7.34. The smallest absolute Gasteiger partial charge is 0.319 e. The number of nitrogens with zero attached hydrogens (tertiary/aromatic N) is 2. The van der Waals surface area contributed by atoms with Crippen molar-refractivity contribution in [1.82, 2.24) is 15.2 Å². The second kappa shape index (κ2) is 8.62. The summed E-state index contributed by atoms with van der Waals surface area (Å²) >= 11 is 12.1. The first kappa shape index (κ1) is 22.1. The van der Waals surface area contributed by atoms with Gasteiger partial charge >= 0.3 is 6.03 Å². The molecule has 9 heteroatoms. The first-order valence-electron chi connectivity index (χ1n) is 9.51. The van der Waals surface area contributed by atoms with Crippen molar-refractivity contribution in [2.45, 2.75) is 39.2 Å². The van der Waals surface area contributed by atoms with E-state index in [0.29, 0.717) is 16.1 Å². The third-order valence-electron chi connectivity index (χ3n) is 5.11. The third-order valence-corrected chi connectivity index (χ3v) is 5.95. The fourth-order valence-electron chi connectivity index (χ4n) is 3.29. The summed E-state index contributed by atoms with van der Waals surface area (Å²) in [7, 11) is 0. The van der Waals surface area contributed by atoms with Gasteiger partial charge in [-0.2, -0.15) is 0 Å². The molecule has 1 aliphatic heterocycles. The Bertz CT molecular complexity index is 1010. The van der Waals surface area contributed by atoms with E-state index in [1.165, 1.54) is 6.20 Å². The number of benzene rings is 1. The van der Waals surface area contributed by atoms with Crippen molar-refractivity contribution in [2.24, 2.45) is 0 Å². The van der Waals surface area contributed by atoms with Crippen molar-refractivity contribution in [3.63, 3.8) is 0 Å². The van der Waals surface area contributed by atoms with Crippen LogP contribution >= 0.6 is 23.2 Å². The van der Waals surface area contributed by atoms with Crippen molar-refractivity contribution in [3.8, 4) is 0 Å². The van der Waals surface area contributed by atoms with Crippen LogP contribution in [0.3, 0.4) is 0 Å². The number of hydrogen-bond acceptors (Lipinski definition) is 4. The average molecular weight is 449 g/mol. The predicted molar refractivity (Wildman–Crippen MR) is 116 cm³/mol. The summed E-state index contributed by atoms with van der Waals surface area (Å²) in [6.45, 7) is 4.94. The highest BCUT2D eigenvalue weighted by atomic mass is 35.5. The summed E-state index contributed by atoms with van der Waals surface area (Å²) in [5, 5.41) is 5.78. The van der Waals surface area contributed by atoms with Gasteiger partial charge in [-0.05, 0) is 37.0 Å². The maximum absolute atomic E-state index is 13.0. The number of halogens is 2. The van der Waals surface area contributed by atoms with E-state index in [1.807, 2.05) is 24.3 Å². The second-order valence-corrected chi connectivity index (χ2v) is 8.12. The summed E-state index contributed by atoms with van der Waals surface area (Å²) < 4.78 is 0. The Labute approximate surface area is 184 Å². The van der Waals surface area contributed by atoms with Gasteiger partial charge in [0.2, 0.25) is 5.91 Å². The molecule has 1 unspecified atom stereocenters. The molecule has 2 heterocycles. The number of aromatic nitrogens is 1. The Balaban J connectivity index is 1.74. The number of amides is 4. The Morgan fingerprint density at radius 1 is 1.23 bits per heavy atom. The van der Waals surface area contributed by atoms with E-state index in [4.69, 9.17) is 23.2 Å². The fourth-order valence-corrected chi connectivity index (χ4v) is 3.68. The molecule has 158 valence electrons. The van der Waals surface area contributed by atoms with Crippen LogP contribution in [-0.4, -0.2) is 34.3 Å². The van der Waals surface area contributed by atoms with E-state index in [2.05, 4.69) is 22.5 Å². The highest BCUT2D eigenvalue weighted by Gasteiger charge is 2.49. The lowest BCUT2D eigenvalue weighted by Crippen LogP contribution is -2.42. The Morgan fingerprint density at radius 2 is 1.90 bits per heavy atom. The molecule has 1 aromatic carbocycles. The van der Waals surface area contributed by atoms with E-state index >= 15 is 0 Å². The largest absolute Gasteiger partial charge is 0.325 e. The summed E-state index contributed by atoms with van der Waals surface area (Å²) in [5.74, 6) is -0.987. The molecule has 0 aliphatic carbocycles. The molecule has 1 atom stereocenters. The van der Waals surface area contributed by atoms with Crippen molar-refractivity contribution in [1.29, 1.82) is 0 Å². The van der Waals surface area contributed by atoms with Gasteiger partial charge in [-0.1, -0.05) is 60.8 Å². The minimum Gasteiger partial charge on any atom is -0.319 e. The number of pyridine rings is 1. The van der Waals surface area contributed by atoms with Gasteiger partial charge in [-0.3, -0.25) is 14.5 Å². The quantitative estimate of drug-likeness (QED) is 0.651. The van der Waals surface area contributed by atoms with Gasteiger partial charge in [-0.15, -0.1) is 0 Å². The predicted octanol–water partition coefficient (Wildman–Crippen LogP) is 4.06. The molecular weight excluding hydrogens is 427 g/mol. The van der Waals surface area contributed by atoms with Gasteiger partial charge in [0.05, 0.1) is 10.0 Å². The lowest BCUT2D eigenvalue weighted by atomic mass is 9.91. The molecule has 0 saturated carbocycles. The van der Waals surface area contributed by atoms with Gasteiger partial charge in [0.15, 0.2) is 5.82 Å². The molecule has 0 spiro atoms. The van der Waals surface area contributed by atoms with Gasteiger partial charge in [0, 0.05) is 6.20 Å². The molecule has 1 fully saturated rings. The van der Waals surface area contributed by atoms with E-state index in [-0.39, 0.29) is 10.8 Å². The van der Waals surface area contributed by atoms with Crippen LogP contribution in [-0.2, 0) is 21.5 Å². The van der Waals surface area contributed by atoms with Crippen LogP contribution in [0.2, 0.25) is 10.0 Å². The normalized spacial score (nSPS) is 18.5. The maximum atomic E-state index is 13.0. The standard InChI is InChI=1S/C21H22Cl2N4O3/c1-4-5-13-6-8-14(9-7-13)21(3)19(29)27(20(30)26-21)11-16(28)25-18-17(23)12(2)15(22)10-24-18/h6-10H,4-5,11H2,1-3H3,(H,26,30)(H,24,25,28). The van der Waals surface area contributed by atoms with Gasteiger partial charge in [0.1, 0.15) is 12.1 Å². The van der Waals surface area contributed by atoms with Crippen molar-refractivity contribution in [2.75, 3.05) is 11.9 Å². The number of rotatable bonds is 6. The molecule has 0 bridgehead atoms. The number of hydrogen-bond donors (Lipinski definition) is 2.